The minimum absolute atomic E-state index is 0.0844. The fourth-order valence-electron chi connectivity index (χ4n) is 2.45. The van der Waals surface area contributed by atoms with Gasteiger partial charge in [0.2, 0.25) is 0 Å². The van der Waals surface area contributed by atoms with Gasteiger partial charge >= 0.3 is 0 Å². The second kappa shape index (κ2) is 5.90. The third-order valence-corrected chi connectivity index (χ3v) is 4.08. The minimum Gasteiger partial charge on any atom is -0.493 e. The van der Waals surface area contributed by atoms with Crippen molar-refractivity contribution in [1.29, 1.82) is 0 Å². The monoisotopic (exact) mass is 347 g/mol. The summed E-state index contributed by atoms with van der Waals surface area (Å²) < 4.78 is 12.0. The topological polar surface area (TPSA) is 30.5 Å². The Balaban J connectivity index is 2.18. The molecular weight excluding hydrogens is 330 g/mol. The van der Waals surface area contributed by atoms with Crippen LogP contribution in [0.5, 0.6) is 5.75 Å². The summed E-state index contributed by atoms with van der Waals surface area (Å²) in [4.78, 5) is 0. The molecule has 0 aromatic heterocycles. The number of rotatable bonds is 3. The minimum atomic E-state index is -0.0844. The van der Waals surface area contributed by atoms with Gasteiger partial charge in [-0.25, -0.2) is 0 Å². The number of hydrogen-bond donors (Lipinski definition) is 1. The van der Waals surface area contributed by atoms with Crippen molar-refractivity contribution in [3.8, 4) is 5.75 Å². The predicted octanol–water partition coefficient (Wildman–Crippen LogP) is 4.48. The van der Waals surface area contributed by atoms with Crippen LogP contribution in [-0.2, 0) is 4.74 Å². The maximum absolute atomic E-state index is 6.10. The molecule has 0 aliphatic carbocycles. The van der Waals surface area contributed by atoms with E-state index in [0.717, 1.165) is 35.4 Å². The molecule has 0 bridgehead atoms. The molecule has 0 amide bonds. The van der Waals surface area contributed by atoms with Gasteiger partial charge in [0.15, 0.2) is 5.75 Å². The number of methoxy groups -OCH3 is 1. The highest BCUT2D eigenvalue weighted by Gasteiger charge is 2.29. The van der Waals surface area contributed by atoms with Crippen molar-refractivity contribution >= 4 is 33.2 Å². The normalized spacial score (nSPS) is 22.1. The standard InChI is InChI=1S/C14H19BrClNO2/c1-14(2)8-10(4-5-19-14)17-12-7-9(16)6-11(15)13(12)18-3/h6-7,10,17H,4-5,8H2,1-3H3. The third kappa shape index (κ3) is 3.77. The van der Waals surface area contributed by atoms with Crippen LogP contribution in [0.25, 0.3) is 0 Å². The molecule has 1 N–H and O–H groups in total. The van der Waals surface area contributed by atoms with Crippen LogP contribution in [0.15, 0.2) is 16.6 Å². The zero-order valence-corrected chi connectivity index (χ0v) is 13.8. The van der Waals surface area contributed by atoms with Gasteiger partial charge in [-0.3, -0.25) is 0 Å². The van der Waals surface area contributed by atoms with Crippen molar-refractivity contribution in [2.75, 3.05) is 19.0 Å². The van der Waals surface area contributed by atoms with Crippen molar-refractivity contribution in [1.82, 2.24) is 0 Å². The lowest BCUT2D eigenvalue weighted by Crippen LogP contribution is -2.40. The van der Waals surface area contributed by atoms with Gasteiger partial charge < -0.3 is 14.8 Å². The number of nitrogens with one attached hydrogen (secondary N) is 1. The smallest absolute Gasteiger partial charge is 0.156 e. The number of anilines is 1. The molecule has 1 unspecified atom stereocenters. The first-order valence-corrected chi connectivity index (χ1v) is 7.52. The largest absolute Gasteiger partial charge is 0.493 e. The van der Waals surface area contributed by atoms with Gasteiger partial charge in [-0.1, -0.05) is 11.6 Å². The van der Waals surface area contributed by atoms with Crippen molar-refractivity contribution in [3.05, 3.63) is 21.6 Å². The Morgan fingerprint density at radius 1 is 1.47 bits per heavy atom. The fourth-order valence-corrected chi connectivity index (χ4v) is 3.42. The maximum atomic E-state index is 6.10. The summed E-state index contributed by atoms with van der Waals surface area (Å²) in [5.41, 5.74) is 0.837. The maximum Gasteiger partial charge on any atom is 0.156 e. The molecule has 3 nitrogen and oxygen atoms in total. The van der Waals surface area contributed by atoms with E-state index in [0.29, 0.717) is 11.1 Å². The van der Waals surface area contributed by atoms with Gasteiger partial charge in [0.1, 0.15) is 0 Å². The second-order valence-corrected chi connectivity index (χ2v) is 6.70. The molecule has 1 saturated heterocycles. The Labute approximate surface area is 127 Å². The highest BCUT2D eigenvalue weighted by atomic mass is 79.9. The molecule has 1 aromatic rings. The van der Waals surface area contributed by atoms with Crippen molar-refractivity contribution < 1.29 is 9.47 Å². The Morgan fingerprint density at radius 3 is 2.84 bits per heavy atom. The summed E-state index contributed by atoms with van der Waals surface area (Å²) in [6.45, 7) is 5.01. The summed E-state index contributed by atoms with van der Waals surface area (Å²) in [5, 5.41) is 4.20. The molecular formula is C14H19BrClNO2. The van der Waals surface area contributed by atoms with Gasteiger partial charge in [-0.2, -0.15) is 0 Å². The van der Waals surface area contributed by atoms with Gasteiger partial charge in [-0.05, 0) is 54.8 Å². The summed E-state index contributed by atoms with van der Waals surface area (Å²) in [7, 11) is 1.66. The molecule has 106 valence electrons. The highest BCUT2D eigenvalue weighted by molar-refractivity contribution is 9.10. The van der Waals surface area contributed by atoms with E-state index in [9.17, 15) is 0 Å². The summed E-state index contributed by atoms with van der Waals surface area (Å²) >= 11 is 9.57. The third-order valence-electron chi connectivity index (χ3n) is 3.27. The summed E-state index contributed by atoms with van der Waals surface area (Å²) in [6, 6.07) is 4.09. The number of benzene rings is 1. The second-order valence-electron chi connectivity index (χ2n) is 5.41. The molecule has 0 radical (unpaired) electrons. The van der Waals surface area contributed by atoms with Crippen molar-refractivity contribution in [2.45, 2.75) is 38.3 Å². The first-order chi connectivity index (χ1) is 8.91. The Bertz CT molecular complexity index is 465. The first-order valence-electron chi connectivity index (χ1n) is 6.35. The Hall–Kier alpha value is -0.450. The molecule has 1 atom stereocenters. The SMILES string of the molecule is COc1c(Br)cc(Cl)cc1NC1CCOC(C)(C)C1. The van der Waals surface area contributed by atoms with E-state index >= 15 is 0 Å². The number of halogens is 2. The average Bonchev–Trinajstić information content (AvgIpc) is 2.26. The zero-order chi connectivity index (χ0) is 14.0. The van der Waals surface area contributed by atoms with Gasteiger partial charge in [0.25, 0.3) is 0 Å². The van der Waals surface area contributed by atoms with Crippen LogP contribution in [0.1, 0.15) is 26.7 Å². The lowest BCUT2D eigenvalue weighted by molar-refractivity contribution is -0.0553. The van der Waals surface area contributed by atoms with Crippen LogP contribution in [0, 0.1) is 0 Å². The van der Waals surface area contributed by atoms with Gasteiger partial charge in [0.05, 0.1) is 22.9 Å². The summed E-state index contributed by atoms with van der Waals surface area (Å²) in [5.74, 6) is 0.786. The molecule has 1 aliphatic rings. The van der Waals surface area contributed by atoms with Crippen LogP contribution >= 0.6 is 27.5 Å². The Kier molecular flexibility index (Phi) is 4.64. The zero-order valence-electron chi connectivity index (χ0n) is 11.4. The van der Waals surface area contributed by atoms with Gasteiger partial charge in [0, 0.05) is 17.7 Å². The van der Waals surface area contributed by atoms with E-state index in [1.54, 1.807) is 7.11 Å². The quantitative estimate of drug-likeness (QED) is 0.873. The predicted molar refractivity (Wildman–Crippen MR) is 82.4 cm³/mol. The summed E-state index contributed by atoms with van der Waals surface area (Å²) in [6.07, 6.45) is 1.94. The molecule has 5 heteroatoms. The van der Waals surface area contributed by atoms with E-state index in [-0.39, 0.29) is 5.60 Å². The van der Waals surface area contributed by atoms with E-state index in [2.05, 4.69) is 35.1 Å². The molecule has 1 heterocycles. The fraction of sp³-hybridized carbons (Fsp3) is 0.571. The molecule has 1 aromatic carbocycles. The molecule has 1 fully saturated rings. The van der Waals surface area contributed by atoms with E-state index < -0.39 is 0 Å². The Morgan fingerprint density at radius 2 is 2.21 bits per heavy atom. The van der Waals surface area contributed by atoms with Crippen molar-refractivity contribution in [2.24, 2.45) is 0 Å². The first kappa shape index (κ1) is 14.9. The molecule has 2 rings (SSSR count). The highest BCUT2D eigenvalue weighted by Crippen LogP contribution is 2.38. The molecule has 0 saturated carbocycles. The average molecular weight is 349 g/mol. The number of ether oxygens (including phenoxy) is 2. The molecule has 19 heavy (non-hydrogen) atoms. The van der Waals surface area contributed by atoms with E-state index in [4.69, 9.17) is 21.1 Å². The molecule has 0 spiro atoms. The van der Waals surface area contributed by atoms with Crippen LogP contribution in [-0.4, -0.2) is 25.4 Å². The lowest BCUT2D eigenvalue weighted by atomic mass is 9.94. The van der Waals surface area contributed by atoms with Gasteiger partial charge in [-0.15, -0.1) is 0 Å². The molecule has 1 aliphatic heterocycles. The van der Waals surface area contributed by atoms with Crippen LogP contribution in [0.4, 0.5) is 5.69 Å². The van der Waals surface area contributed by atoms with Crippen LogP contribution < -0.4 is 10.1 Å². The van der Waals surface area contributed by atoms with Crippen LogP contribution in [0.3, 0.4) is 0 Å². The number of hydrogen-bond acceptors (Lipinski definition) is 3. The van der Waals surface area contributed by atoms with Crippen molar-refractivity contribution in [3.63, 3.8) is 0 Å². The lowest BCUT2D eigenvalue weighted by Gasteiger charge is -2.36. The van der Waals surface area contributed by atoms with E-state index in [1.165, 1.54) is 0 Å². The van der Waals surface area contributed by atoms with Crippen LogP contribution in [0.2, 0.25) is 5.02 Å². The van der Waals surface area contributed by atoms with E-state index in [1.807, 2.05) is 12.1 Å².